The molecule has 2 rings (SSSR count). The van der Waals surface area contributed by atoms with E-state index in [2.05, 4.69) is 9.97 Å². The Labute approximate surface area is 126 Å². The summed E-state index contributed by atoms with van der Waals surface area (Å²) in [5.74, 6) is 0.634. The number of aromatic nitrogens is 2. The van der Waals surface area contributed by atoms with Gasteiger partial charge in [0.1, 0.15) is 10.9 Å². The number of thioether (sulfide) groups is 1. The van der Waals surface area contributed by atoms with Crippen molar-refractivity contribution >= 4 is 33.2 Å². The third kappa shape index (κ3) is 3.84. The predicted octanol–water partition coefficient (Wildman–Crippen LogP) is 3.05. The highest BCUT2D eigenvalue weighted by atomic mass is 35.5. The second-order valence-corrected chi connectivity index (χ2v) is 7.04. The van der Waals surface area contributed by atoms with Gasteiger partial charge in [-0.15, -0.1) is 0 Å². The number of halogens is 1. The highest BCUT2D eigenvalue weighted by Gasteiger charge is 2.10. The van der Waals surface area contributed by atoms with Crippen molar-refractivity contribution in [2.24, 2.45) is 0 Å². The van der Waals surface area contributed by atoms with E-state index in [1.165, 1.54) is 30.0 Å². The highest BCUT2D eigenvalue weighted by molar-refractivity contribution is 7.98. The van der Waals surface area contributed by atoms with E-state index in [4.69, 9.17) is 16.3 Å². The molecule has 1 aromatic carbocycles. The zero-order valence-electron chi connectivity index (χ0n) is 10.7. The van der Waals surface area contributed by atoms with Crippen LogP contribution in [0.2, 0.25) is 5.15 Å². The molecule has 5 nitrogen and oxygen atoms in total. The summed E-state index contributed by atoms with van der Waals surface area (Å²) in [5, 5.41) is 0.741. The van der Waals surface area contributed by atoms with Gasteiger partial charge in [-0.1, -0.05) is 29.4 Å². The quantitative estimate of drug-likeness (QED) is 0.487. The summed E-state index contributed by atoms with van der Waals surface area (Å²) in [6.45, 7) is 0. The van der Waals surface area contributed by atoms with E-state index in [1.54, 1.807) is 12.1 Å². The molecular formula is C12H11ClN2O3S2. The second kappa shape index (κ2) is 5.99. The van der Waals surface area contributed by atoms with Crippen LogP contribution in [-0.4, -0.2) is 30.9 Å². The van der Waals surface area contributed by atoms with Crippen molar-refractivity contribution in [3.05, 3.63) is 35.5 Å². The molecule has 0 fully saturated rings. The molecule has 0 saturated heterocycles. The van der Waals surface area contributed by atoms with E-state index in [0.29, 0.717) is 10.9 Å². The summed E-state index contributed by atoms with van der Waals surface area (Å²) in [6, 6.07) is 7.65. The average molecular weight is 331 g/mol. The molecule has 8 heteroatoms. The van der Waals surface area contributed by atoms with Gasteiger partial charge in [0.05, 0.1) is 4.90 Å². The van der Waals surface area contributed by atoms with Crippen LogP contribution in [0.5, 0.6) is 11.6 Å². The van der Waals surface area contributed by atoms with Gasteiger partial charge in [0.2, 0.25) is 5.88 Å². The Morgan fingerprint density at radius 3 is 2.65 bits per heavy atom. The molecular weight excluding hydrogens is 320 g/mol. The lowest BCUT2D eigenvalue weighted by atomic mass is 10.3. The number of rotatable bonds is 4. The lowest BCUT2D eigenvalue weighted by molar-refractivity contribution is 0.454. The van der Waals surface area contributed by atoms with Crippen LogP contribution in [-0.2, 0) is 9.84 Å². The zero-order chi connectivity index (χ0) is 14.8. The Bertz CT molecular complexity index is 735. The van der Waals surface area contributed by atoms with E-state index in [-0.39, 0.29) is 15.9 Å². The molecule has 0 aliphatic heterocycles. The Morgan fingerprint density at radius 1 is 1.25 bits per heavy atom. The van der Waals surface area contributed by atoms with Crippen LogP contribution in [0.1, 0.15) is 0 Å². The third-order valence-corrected chi connectivity index (χ3v) is 4.14. The largest absolute Gasteiger partial charge is 0.439 e. The minimum atomic E-state index is -3.28. The summed E-state index contributed by atoms with van der Waals surface area (Å²) in [7, 11) is -3.28. The second-order valence-electron chi connectivity index (χ2n) is 3.86. The van der Waals surface area contributed by atoms with Crippen molar-refractivity contribution in [3.8, 4) is 11.6 Å². The Hall–Kier alpha value is -1.31. The van der Waals surface area contributed by atoms with Crippen molar-refractivity contribution in [3.63, 3.8) is 0 Å². The fourth-order valence-electron chi connectivity index (χ4n) is 1.41. The lowest BCUT2D eigenvalue weighted by Gasteiger charge is -2.07. The first-order chi connectivity index (χ1) is 9.38. The summed E-state index contributed by atoms with van der Waals surface area (Å²) in [4.78, 5) is 8.31. The van der Waals surface area contributed by atoms with Crippen LogP contribution in [0, 0.1) is 0 Å². The molecule has 0 N–H and O–H groups in total. The predicted molar refractivity (Wildman–Crippen MR) is 78.4 cm³/mol. The Morgan fingerprint density at radius 2 is 2.00 bits per heavy atom. The maximum absolute atomic E-state index is 11.5. The van der Waals surface area contributed by atoms with E-state index in [1.807, 2.05) is 6.26 Å². The van der Waals surface area contributed by atoms with Crippen LogP contribution < -0.4 is 4.74 Å². The van der Waals surface area contributed by atoms with Crippen molar-refractivity contribution in [2.75, 3.05) is 12.5 Å². The van der Waals surface area contributed by atoms with Crippen LogP contribution in [0.15, 0.2) is 40.4 Å². The normalized spacial score (nSPS) is 11.3. The minimum Gasteiger partial charge on any atom is -0.439 e. The van der Waals surface area contributed by atoms with Crippen LogP contribution >= 0.6 is 23.4 Å². The van der Waals surface area contributed by atoms with Gasteiger partial charge >= 0.3 is 0 Å². The number of hydrogen-bond acceptors (Lipinski definition) is 6. The molecule has 106 valence electrons. The van der Waals surface area contributed by atoms with Gasteiger partial charge in [-0.3, -0.25) is 0 Å². The minimum absolute atomic E-state index is 0.181. The zero-order valence-corrected chi connectivity index (χ0v) is 13.1. The SMILES string of the molecule is CSc1nc(Cl)cc(Oc2cccc(S(C)(=O)=O)c2)n1. The third-order valence-electron chi connectivity index (χ3n) is 2.29. The highest BCUT2D eigenvalue weighted by Crippen LogP contribution is 2.25. The molecule has 0 bridgehead atoms. The molecule has 20 heavy (non-hydrogen) atoms. The maximum Gasteiger partial charge on any atom is 0.224 e. The molecule has 0 spiro atoms. The Kier molecular flexibility index (Phi) is 4.52. The summed E-state index contributed by atoms with van der Waals surface area (Å²) >= 11 is 7.19. The fraction of sp³-hybridized carbons (Fsp3) is 0.167. The maximum atomic E-state index is 11.5. The number of sulfone groups is 1. The van der Waals surface area contributed by atoms with E-state index in [9.17, 15) is 8.42 Å². The Balaban J connectivity index is 2.33. The number of hydrogen-bond donors (Lipinski definition) is 0. The number of nitrogens with zero attached hydrogens (tertiary/aromatic N) is 2. The summed E-state index contributed by atoms with van der Waals surface area (Å²) in [5.41, 5.74) is 0. The molecule has 0 aliphatic rings. The van der Waals surface area contributed by atoms with Gasteiger partial charge in [0.15, 0.2) is 15.0 Å². The van der Waals surface area contributed by atoms with Crippen molar-refractivity contribution in [1.29, 1.82) is 0 Å². The molecule has 1 aromatic heterocycles. The van der Waals surface area contributed by atoms with Gasteiger partial charge < -0.3 is 4.74 Å². The van der Waals surface area contributed by atoms with Gasteiger partial charge in [-0.2, -0.15) is 4.98 Å². The molecule has 0 aliphatic carbocycles. The molecule has 0 saturated carbocycles. The fourth-order valence-corrected chi connectivity index (χ4v) is 2.66. The van der Waals surface area contributed by atoms with Crippen LogP contribution in [0.3, 0.4) is 0 Å². The monoisotopic (exact) mass is 330 g/mol. The topological polar surface area (TPSA) is 69.2 Å². The number of benzene rings is 1. The molecule has 0 radical (unpaired) electrons. The van der Waals surface area contributed by atoms with Gasteiger partial charge in [0, 0.05) is 12.3 Å². The van der Waals surface area contributed by atoms with E-state index >= 15 is 0 Å². The molecule has 1 heterocycles. The molecule has 2 aromatic rings. The molecule has 0 unspecified atom stereocenters. The van der Waals surface area contributed by atoms with Gasteiger partial charge in [-0.25, -0.2) is 13.4 Å². The van der Waals surface area contributed by atoms with Crippen molar-refractivity contribution < 1.29 is 13.2 Å². The van der Waals surface area contributed by atoms with E-state index < -0.39 is 9.84 Å². The van der Waals surface area contributed by atoms with Crippen LogP contribution in [0.25, 0.3) is 0 Å². The van der Waals surface area contributed by atoms with Crippen LogP contribution in [0.4, 0.5) is 0 Å². The summed E-state index contributed by atoms with van der Waals surface area (Å²) < 4.78 is 28.5. The number of ether oxygens (including phenoxy) is 1. The smallest absolute Gasteiger partial charge is 0.224 e. The first-order valence-corrected chi connectivity index (χ1v) is 8.94. The van der Waals surface area contributed by atoms with E-state index in [0.717, 1.165) is 6.26 Å². The standard InChI is InChI=1S/C12H11ClN2O3S2/c1-19-12-14-10(13)7-11(15-12)18-8-4-3-5-9(6-8)20(2,16)17/h3-7H,1-2H3. The van der Waals surface area contributed by atoms with Gasteiger partial charge in [-0.05, 0) is 24.5 Å². The first-order valence-electron chi connectivity index (χ1n) is 5.45. The van der Waals surface area contributed by atoms with Crippen molar-refractivity contribution in [2.45, 2.75) is 10.1 Å². The lowest BCUT2D eigenvalue weighted by Crippen LogP contribution is -1.98. The van der Waals surface area contributed by atoms with Gasteiger partial charge in [0.25, 0.3) is 0 Å². The molecule has 0 amide bonds. The summed E-state index contributed by atoms with van der Waals surface area (Å²) in [6.07, 6.45) is 2.96. The average Bonchev–Trinajstić information content (AvgIpc) is 2.37. The molecule has 0 atom stereocenters. The van der Waals surface area contributed by atoms with Crippen molar-refractivity contribution in [1.82, 2.24) is 9.97 Å². The first kappa shape index (κ1) is 15.1.